The molecule has 0 amide bonds. The van der Waals surface area contributed by atoms with Crippen LogP contribution in [0, 0.1) is 5.92 Å². The molecule has 1 unspecified atom stereocenters. The first-order valence-corrected chi connectivity index (χ1v) is 23.6. The van der Waals surface area contributed by atoms with Gasteiger partial charge in [0.1, 0.15) is 0 Å². The molecule has 0 saturated heterocycles. The molecule has 0 heterocycles. The summed E-state index contributed by atoms with van der Waals surface area (Å²) in [7, 11) is 0. The van der Waals surface area contributed by atoms with Gasteiger partial charge in [-0.1, -0.05) is 232 Å². The van der Waals surface area contributed by atoms with E-state index in [4.69, 9.17) is 9.47 Å². The molecule has 0 aromatic rings. The molecule has 0 fully saturated rings. The zero-order valence-electron chi connectivity index (χ0n) is 35.5. The summed E-state index contributed by atoms with van der Waals surface area (Å²) in [5.41, 5.74) is 0. The van der Waals surface area contributed by atoms with E-state index in [1.807, 2.05) is 6.08 Å². The van der Waals surface area contributed by atoms with Crippen molar-refractivity contribution < 1.29 is 19.1 Å². The minimum absolute atomic E-state index is 0.171. The van der Waals surface area contributed by atoms with E-state index < -0.39 is 0 Å². The van der Waals surface area contributed by atoms with Crippen molar-refractivity contribution in [3.63, 3.8) is 0 Å². The Kier molecular flexibility index (Phi) is 43.0. The highest BCUT2D eigenvalue weighted by molar-refractivity contribution is 5.79. The van der Waals surface area contributed by atoms with Crippen LogP contribution in [0.5, 0.6) is 0 Å². The number of rotatable bonds is 44. The Morgan fingerprint density at radius 3 is 1.10 bits per heavy atom. The first-order valence-electron chi connectivity index (χ1n) is 23.6. The highest BCUT2D eigenvalue weighted by atomic mass is 16.5. The van der Waals surface area contributed by atoms with Crippen LogP contribution in [-0.2, 0) is 19.1 Å². The van der Waals surface area contributed by atoms with Gasteiger partial charge in [0.05, 0.1) is 25.6 Å². The highest BCUT2D eigenvalue weighted by Gasteiger charge is 2.24. The van der Waals surface area contributed by atoms with Gasteiger partial charge in [-0.25, -0.2) is 0 Å². The second-order valence-electron chi connectivity index (χ2n) is 16.2. The molecular weight excluding hydrogens is 641 g/mol. The Labute approximate surface area is 326 Å². The van der Waals surface area contributed by atoms with Crippen LogP contribution < -0.4 is 0 Å². The first-order chi connectivity index (χ1) is 25.7. The summed E-state index contributed by atoms with van der Waals surface area (Å²) < 4.78 is 11.3. The lowest BCUT2D eigenvalue weighted by atomic mass is 9.97. The van der Waals surface area contributed by atoms with Crippen LogP contribution in [0.4, 0.5) is 0 Å². The third-order valence-electron chi connectivity index (χ3n) is 11.0. The Morgan fingerprint density at radius 1 is 0.423 bits per heavy atom. The molecular formula is C48H92O4. The third kappa shape index (κ3) is 39.9. The predicted molar refractivity (Wildman–Crippen MR) is 227 cm³/mol. The number of carbonyl (C=O) groups excluding carboxylic acids is 2. The summed E-state index contributed by atoms with van der Waals surface area (Å²) in [5, 5.41) is 0. The zero-order valence-corrected chi connectivity index (χ0v) is 35.5. The van der Waals surface area contributed by atoms with Crippen LogP contribution in [0.3, 0.4) is 0 Å². The SMILES string of the molecule is C=CCCCCCCCCCCCCCCCCCCC(CC(=O)OCCCCCCCCCCCC)C(=O)OCCCCCCCCCCCC. The van der Waals surface area contributed by atoms with Crippen LogP contribution in [0.2, 0.25) is 0 Å². The van der Waals surface area contributed by atoms with Gasteiger partial charge in [0.25, 0.3) is 0 Å². The summed E-state index contributed by atoms with van der Waals surface area (Å²) in [6.45, 7) is 9.30. The average Bonchev–Trinajstić information content (AvgIpc) is 3.14. The van der Waals surface area contributed by atoms with Crippen LogP contribution in [0.1, 0.15) is 264 Å². The number of hydrogen-bond acceptors (Lipinski definition) is 4. The summed E-state index contributed by atoms with van der Waals surface area (Å²) in [6, 6.07) is 0. The molecule has 4 nitrogen and oxygen atoms in total. The van der Waals surface area contributed by atoms with Crippen LogP contribution in [-0.4, -0.2) is 25.2 Å². The second-order valence-corrected chi connectivity index (χ2v) is 16.2. The van der Waals surface area contributed by atoms with Crippen molar-refractivity contribution in [2.75, 3.05) is 13.2 Å². The number of ether oxygens (including phenoxy) is 2. The molecule has 0 aromatic carbocycles. The summed E-state index contributed by atoms with van der Waals surface area (Å²) >= 11 is 0. The zero-order chi connectivity index (χ0) is 37.8. The summed E-state index contributed by atoms with van der Waals surface area (Å²) in [4.78, 5) is 25.8. The van der Waals surface area contributed by atoms with Crippen molar-refractivity contribution in [3.8, 4) is 0 Å². The van der Waals surface area contributed by atoms with Gasteiger partial charge in [-0.2, -0.15) is 0 Å². The maximum absolute atomic E-state index is 13.1. The molecule has 0 rings (SSSR count). The molecule has 0 spiro atoms. The van der Waals surface area contributed by atoms with Crippen molar-refractivity contribution in [3.05, 3.63) is 12.7 Å². The van der Waals surface area contributed by atoms with Crippen molar-refractivity contribution >= 4 is 11.9 Å². The van der Waals surface area contributed by atoms with Crippen LogP contribution in [0.25, 0.3) is 0 Å². The molecule has 0 bridgehead atoms. The van der Waals surface area contributed by atoms with Crippen molar-refractivity contribution in [2.24, 2.45) is 5.92 Å². The van der Waals surface area contributed by atoms with Gasteiger partial charge in [-0.05, 0) is 32.1 Å². The molecule has 52 heavy (non-hydrogen) atoms. The van der Waals surface area contributed by atoms with E-state index >= 15 is 0 Å². The van der Waals surface area contributed by atoms with Crippen molar-refractivity contribution in [1.82, 2.24) is 0 Å². The minimum Gasteiger partial charge on any atom is -0.466 e. The maximum Gasteiger partial charge on any atom is 0.309 e. The molecule has 0 aliphatic carbocycles. The van der Waals surface area contributed by atoms with Crippen molar-refractivity contribution in [2.45, 2.75) is 264 Å². The average molecular weight is 733 g/mol. The van der Waals surface area contributed by atoms with E-state index in [2.05, 4.69) is 20.4 Å². The number of hydrogen-bond donors (Lipinski definition) is 0. The quantitative estimate of drug-likeness (QED) is 0.0355. The molecule has 4 heteroatoms. The lowest BCUT2D eigenvalue weighted by Crippen LogP contribution is -2.23. The van der Waals surface area contributed by atoms with Gasteiger partial charge in [-0.15, -0.1) is 6.58 Å². The van der Waals surface area contributed by atoms with E-state index in [1.54, 1.807) is 0 Å². The fraction of sp³-hybridized carbons (Fsp3) is 0.917. The first kappa shape index (κ1) is 50.7. The molecule has 0 radical (unpaired) electrons. The van der Waals surface area contributed by atoms with Gasteiger partial charge in [0, 0.05) is 0 Å². The maximum atomic E-state index is 13.1. The van der Waals surface area contributed by atoms with E-state index in [0.717, 1.165) is 44.9 Å². The van der Waals surface area contributed by atoms with Gasteiger partial charge in [-0.3, -0.25) is 9.59 Å². The van der Waals surface area contributed by atoms with E-state index in [9.17, 15) is 9.59 Å². The number of allylic oxidation sites excluding steroid dienone is 1. The molecule has 0 aliphatic heterocycles. The molecule has 308 valence electrons. The van der Waals surface area contributed by atoms with Crippen LogP contribution >= 0.6 is 0 Å². The number of esters is 2. The molecule has 0 saturated carbocycles. The molecule has 0 aromatic heterocycles. The standard InChI is InChI=1S/C48H92O4/c1-4-7-10-13-16-19-22-23-24-25-26-27-28-29-30-33-36-39-42-46(48(50)52-44-41-38-35-32-21-18-15-12-9-6-3)45-47(49)51-43-40-37-34-31-20-17-14-11-8-5-2/h4,46H,1,5-45H2,2-3H3. The lowest BCUT2D eigenvalue weighted by Gasteiger charge is -2.16. The Hall–Kier alpha value is -1.32. The fourth-order valence-corrected chi connectivity index (χ4v) is 7.37. The molecule has 1 atom stereocenters. The van der Waals surface area contributed by atoms with E-state index in [0.29, 0.717) is 13.2 Å². The Bertz CT molecular complexity index is 734. The topological polar surface area (TPSA) is 52.6 Å². The van der Waals surface area contributed by atoms with E-state index in [-0.39, 0.29) is 24.3 Å². The van der Waals surface area contributed by atoms with Gasteiger partial charge < -0.3 is 9.47 Å². The lowest BCUT2D eigenvalue weighted by molar-refractivity contribution is -0.155. The van der Waals surface area contributed by atoms with Crippen molar-refractivity contribution in [1.29, 1.82) is 0 Å². The van der Waals surface area contributed by atoms with Gasteiger partial charge in [0.15, 0.2) is 0 Å². The van der Waals surface area contributed by atoms with Gasteiger partial charge >= 0.3 is 11.9 Å². The predicted octanol–water partition coefficient (Wildman–Crippen LogP) is 16.1. The smallest absolute Gasteiger partial charge is 0.309 e. The number of carbonyl (C=O) groups is 2. The Balaban J connectivity index is 4.16. The Morgan fingerprint density at radius 2 is 0.731 bits per heavy atom. The second kappa shape index (κ2) is 44.1. The monoisotopic (exact) mass is 733 g/mol. The fourth-order valence-electron chi connectivity index (χ4n) is 7.37. The largest absolute Gasteiger partial charge is 0.466 e. The van der Waals surface area contributed by atoms with Crippen LogP contribution in [0.15, 0.2) is 12.7 Å². The molecule has 0 aliphatic rings. The minimum atomic E-state index is -0.361. The summed E-state index contributed by atoms with van der Waals surface area (Å²) in [6.07, 6.45) is 50.5. The molecule has 0 N–H and O–H groups in total. The summed E-state index contributed by atoms with van der Waals surface area (Å²) in [5.74, 6) is -0.771. The number of unbranched alkanes of at least 4 members (excludes halogenated alkanes) is 34. The third-order valence-corrected chi connectivity index (χ3v) is 11.0. The van der Waals surface area contributed by atoms with Gasteiger partial charge in [0.2, 0.25) is 0 Å². The normalized spacial score (nSPS) is 11.9. The highest BCUT2D eigenvalue weighted by Crippen LogP contribution is 2.20. The van der Waals surface area contributed by atoms with E-state index in [1.165, 1.54) is 199 Å².